The number of nitro groups is 1. The summed E-state index contributed by atoms with van der Waals surface area (Å²) in [4.78, 5) is 20.6. The number of nitro benzene ring substituents is 1. The molecule has 0 aliphatic heterocycles. The number of carbonyl (C=O) groups is 1. The van der Waals surface area contributed by atoms with Crippen molar-refractivity contribution in [2.24, 2.45) is 0 Å². The van der Waals surface area contributed by atoms with Gasteiger partial charge >= 0.3 is 6.09 Å². The third-order valence-electron chi connectivity index (χ3n) is 1.49. The zero-order chi connectivity index (χ0) is 10.6. The first-order valence-corrected chi connectivity index (χ1v) is 3.73. The molecule has 0 aliphatic carbocycles. The van der Waals surface area contributed by atoms with Crippen molar-refractivity contribution in [3.63, 3.8) is 0 Å². The summed E-state index contributed by atoms with van der Waals surface area (Å²) in [5.41, 5.74) is 0.241. The summed E-state index contributed by atoms with van der Waals surface area (Å²) in [7, 11) is 1.21. The van der Waals surface area contributed by atoms with Gasteiger partial charge in [0.05, 0.1) is 17.7 Å². The van der Waals surface area contributed by atoms with Gasteiger partial charge in [-0.3, -0.25) is 15.4 Å². The van der Waals surface area contributed by atoms with Crippen molar-refractivity contribution >= 4 is 17.5 Å². The second kappa shape index (κ2) is 4.22. The van der Waals surface area contributed by atoms with E-state index in [4.69, 9.17) is 0 Å². The van der Waals surface area contributed by atoms with E-state index in [0.717, 1.165) is 0 Å². The normalized spacial score (nSPS) is 9.21. The summed E-state index contributed by atoms with van der Waals surface area (Å²) in [6.07, 6.45) is -0.662. The molecule has 6 nitrogen and oxygen atoms in total. The zero-order valence-corrected chi connectivity index (χ0v) is 7.39. The molecule has 0 saturated heterocycles. The van der Waals surface area contributed by atoms with E-state index in [9.17, 15) is 14.9 Å². The van der Waals surface area contributed by atoms with Gasteiger partial charge in [0, 0.05) is 12.1 Å². The molecule has 1 rings (SSSR count). The van der Waals surface area contributed by atoms with Crippen LogP contribution in [0, 0.1) is 10.1 Å². The Kier molecular flexibility index (Phi) is 3.01. The third kappa shape index (κ3) is 2.44. The molecule has 74 valence electrons. The van der Waals surface area contributed by atoms with Gasteiger partial charge in [0.1, 0.15) is 0 Å². The molecule has 1 aromatic carbocycles. The van der Waals surface area contributed by atoms with E-state index in [1.165, 1.54) is 31.4 Å². The Morgan fingerprint density at radius 1 is 1.57 bits per heavy atom. The van der Waals surface area contributed by atoms with E-state index in [2.05, 4.69) is 10.1 Å². The highest BCUT2D eigenvalue weighted by Gasteiger charge is 2.07. The SMILES string of the molecule is COC(=O)Nc1cccc([N+](=O)[O-])c1. The van der Waals surface area contributed by atoms with Gasteiger partial charge in [-0.15, -0.1) is 0 Å². The lowest BCUT2D eigenvalue weighted by molar-refractivity contribution is -0.384. The molecule has 14 heavy (non-hydrogen) atoms. The van der Waals surface area contributed by atoms with E-state index >= 15 is 0 Å². The molecule has 0 aromatic heterocycles. The zero-order valence-electron chi connectivity index (χ0n) is 7.39. The molecule has 0 unspecified atom stereocenters. The molecule has 0 heterocycles. The van der Waals surface area contributed by atoms with Crippen LogP contribution in [0.25, 0.3) is 0 Å². The monoisotopic (exact) mass is 196 g/mol. The Balaban J connectivity index is 2.83. The molecule has 1 amide bonds. The van der Waals surface area contributed by atoms with Crippen LogP contribution in [0.1, 0.15) is 0 Å². The maximum atomic E-state index is 10.8. The van der Waals surface area contributed by atoms with Gasteiger partial charge in [0.15, 0.2) is 0 Å². The summed E-state index contributed by atoms with van der Waals surface area (Å²) in [5.74, 6) is 0. The Labute approximate surface area is 79.6 Å². The molecule has 6 heteroatoms. The fraction of sp³-hybridized carbons (Fsp3) is 0.125. The first kappa shape index (κ1) is 9.97. The number of ether oxygens (including phenoxy) is 1. The number of methoxy groups -OCH3 is 1. The summed E-state index contributed by atoms with van der Waals surface area (Å²) in [6.45, 7) is 0. The minimum atomic E-state index is -0.662. The molecular formula is C8H8N2O4. The highest BCUT2D eigenvalue weighted by atomic mass is 16.6. The third-order valence-corrected chi connectivity index (χ3v) is 1.49. The molecule has 1 N–H and O–H groups in total. The van der Waals surface area contributed by atoms with Crippen LogP contribution in [0.4, 0.5) is 16.2 Å². The van der Waals surface area contributed by atoms with Crippen LogP contribution in [-0.2, 0) is 4.74 Å². The van der Waals surface area contributed by atoms with Crippen LogP contribution in [0.3, 0.4) is 0 Å². The van der Waals surface area contributed by atoms with E-state index < -0.39 is 11.0 Å². The number of hydrogen-bond donors (Lipinski definition) is 1. The van der Waals surface area contributed by atoms with Gasteiger partial charge in [0.2, 0.25) is 0 Å². The number of anilines is 1. The lowest BCUT2D eigenvalue weighted by Crippen LogP contribution is -2.10. The number of non-ortho nitro benzene ring substituents is 1. The Bertz CT molecular complexity index is 364. The number of rotatable bonds is 2. The average molecular weight is 196 g/mol. The molecule has 0 saturated carbocycles. The number of amides is 1. The average Bonchev–Trinajstić information content (AvgIpc) is 2.18. The second-order valence-corrected chi connectivity index (χ2v) is 2.42. The quantitative estimate of drug-likeness (QED) is 0.577. The van der Waals surface area contributed by atoms with Gasteiger partial charge in [-0.05, 0) is 6.07 Å². The maximum Gasteiger partial charge on any atom is 0.411 e. The number of benzene rings is 1. The van der Waals surface area contributed by atoms with Gasteiger partial charge < -0.3 is 4.74 Å². The smallest absolute Gasteiger partial charge is 0.411 e. The Morgan fingerprint density at radius 3 is 2.86 bits per heavy atom. The van der Waals surface area contributed by atoms with Crippen LogP contribution in [0.15, 0.2) is 24.3 Å². The Morgan fingerprint density at radius 2 is 2.29 bits per heavy atom. The van der Waals surface area contributed by atoms with Crippen molar-refractivity contribution in [3.8, 4) is 0 Å². The minimum absolute atomic E-state index is 0.0843. The van der Waals surface area contributed by atoms with Gasteiger partial charge in [-0.25, -0.2) is 4.79 Å². The van der Waals surface area contributed by atoms with Crippen LogP contribution in [0.2, 0.25) is 0 Å². The predicted octanol–water partition coefficient (Wildman–Crippen LogP) is 1.77. The first-order chi connectivity index (χ1) is 6.63. The molecule has 0 atom stereocenters. The largest absolute Gasteiger partial charge is 0.453 e. The summed E-state index contributed by atoms with van der Waals surface area (Å²) >= 11 is 0. The highest BCUT2D eigenvalue weighted by molar-refractivity contribution is 5.84. The molecule has 1 aromatic rings. The number of nitrogens with one attached hydrogen (secondary N) is 1. The van der Waals surface area contributed by atoms with Crippen molar-refractivity contribution in [2.45, 2.75) is 0 Å². The highest BCUT2D eigenvalue weighted by Crippen LogP contribution is 2.16. The predicted molar refractivity (Wildman–Crippen MR) is 49.1 cm³/mol. The summed E-state index contributed by atoms with van der Waals surface area (Å²) in [6, 6.07) is 5.59. The molecule has 0 fully saturated rings. The fourth-order valence-corrected chi connectivity index (χ4v) is 0.866. The van der Waals surface area contributed by atoms with Crippen LogP contribution in [-0.4, -0.2) is 18.1 Å². The molecule has 0 spiro atoms. The molecular weight excluding hydrogens is 188 g/mol. The molecule has 0 aliphatic rings. The summed E-state index contributed by atoms with van der Waals surface area (Å²) in [5, 5.41) is 12.7. The molecule has 0 radical (unpaired) electrons. The van der Waals surface area contributed by atoms with E-state index in [0.29, 0.717) is 5.69 Å². The van der Waals surface area contributed by atoms with Gasteiger partial charge in [0.25, 0.3) is 5.69 Å². The Hall–Kier alpha value is -2.11. The van der Waals surface area contributed by atoms with E-state index in [1.807, 2.05) is 0 Å². The van der Waals surface area contributed by atoms with Crippen LogP contribution >= 0.6 is 0 Å². The van der Waals surface area contributed by atoms with Crippen molar-refractivity contribution in [2.75, 3.05) is 12.4 Å². The minimum Gasteiger partial charge on any atom is -0.453 e. The fourth-order valence-electron chi connectivity index (χ4n) is 0.866. The van der Waals surface area contributed by atoms with E-state index in [1.54, 1.807) is 0 Å². The van der Waals surface area contributed by atoms with Crippen molar-refractivity contribution in [3.05, 3.63) is 34.4 Å². The molecule has 0 bridgehead atoms. The van der Waals surface area contributed by atoms with E-state index in [-0.39, 0.29) is 5.69 Å². The van der Waals surface area contributed by atoms with Crippen molar-refractivity contribution in [1.29, 1.82) is 0 Å². The lowest BCUT2D eigenvalue weighted by atomic mass is 10.3. The van der Waals surface area contributed by atoms with Crippen LogP contribution < -0.4 is 5.32 Å². The van der Waals surface area contributed by atoms with Gasteiger partial charge in [-0.2, -0.15) is 0 Å². The second-order valence-electron chi connectivity index (χ2n) is 2.42. The number of carbonyl (C=O) groups excluding carboxylic acids is 1. The first-order valence-electron chi connectivity index (χ1n) is 3.73. The van der Waals surface area contributed by atoms with Gasteiger partial charge in [-0.1, -0.05) is 6.07 Å². The topological polar surface area (TPSA) is 81.5 Å². The maximum absolute atomic E-state index is 10.8. The van der Waals surface area contributed by atoms with Crippen molar-refractivity contribution < 1.29 is 14.5 Å². The number of hydrogen-bond acceptors (Lipinski definition) is 4. The van der Waals surface area contributed by atoms with Crippen LogP contribution in [0.5, 0.6) is 0 Å². The lowest BCUT2D eigenvalue weighted by Gasteiger charge is -2.02. The number of nitrogens with zero attached hydrogens (tertiary/aromatic N) is 1. The standard InChI is InChI=1S/C8H8N2O4/c1-14-8(11)9-6-3-2-4-7(5-6)10(12)13/h2-5H,1H3,(H,9,11). The van der Waals surface area contributed by atoms with Crippen molar-refractivity contribution in [1.82, 2.24) is 0 Å². The summed E-state index contributed by atoms with van der Waals surface area (Å²) < 4.78 is 4.33.